The van der Waals surface area contributed by atoms with Crippen LogP contribution in [0.5, 0.6) is 0 Å². The van der Waals surface area contributed by atoms with E-state index in [4.69, 9.17) is 9.72 Å². The molecule has 0 radical (unpaired) electrons. The molecule has 2 unspecified atom stereocenters. The number of aromatic nitrogens is 2. The van der Waals surface area contributed by atoms with Gasteiger partial charge in [-0.15, -0.1) is 0 Å². The molecule has 1 N–H and O–H groups in total. The molecule has 0 aromatic carbocycles. The van der Waals surface area contributed by atoms with Gasteiger partial charge in [0.1, 0.15) is 5.82 Å². The van der Waals surface area contributed by atoms with Crippen molar-refractivity contribution in [2.24, 2.45) is 11.8 Å². The predicted octanol–water partition coefficient (Wildman–Crippen LogP) is 2.75. The molecule has 2 atom stereocenters. The smallest absolute Gasteiger partial charge is 0.106 e. The molecular formula is C14H24N2O. The van der Waals surface area contributed by atoms with Gasteiger partial charge in [0, 0.05) is 25.3 Å². The zero-order valence-electron chi connectivity index (χ0n) is 11.3. The van der Waals surface area contributed by atoms with E-state index in [0.717, 1.165) is 56.6 Å². The fraction of sp³-hybridized carbons (Fsp3) is 0.786. The van der Waals surface area contributed by atoms with Crippen molar-refractivity contribution < 1.29 is 4.74 Å². The van der Waals surface area contributed by atoms with E-state index in [1.54, 1.807) is 0 Å². The molecule has 1 aromatic rings. The van der Waals surface area contributed by atoms with Crippen LogP contribution in [0.2, 0.25) is 0 Å². The van der Waals surface area contributed by atoms with Crippen molar-refractivity contribution in [2.45, 2.75) is 46.5 Å². The third-order valence-electron chi connectivity index (χ3n) is 3.83. The van der Waals surface area contributed by atoms with Crippen molar-refractivity contribution >= 4 is 0 Å². The summed E-state index contributed by atoms with van der Waals surface area (Å²) < 4.78 is 5.35. The van der Waals surface area contributed by atoms with Gasteiger partial charge in [0.05, 0.1) is 5.69 Å². The molecule has 1 aliphatic rings. The summed E-state index contributed by atoms with van der Waals surface area (Å²) in [6.07, 6.45) is 4.37. The van der Waals surface area contributed by atoms with Gasteiger partial charge >= 0.3 is 0 Å². The molecule has 1 heterocycles. The molecule has 0 saturated heterocycles. The highest BCUT2D eigenvalue weighted by molar-refractivity contribution is 5.19. The monoisotopic (exact) mass is 236 g/mol. The van der Waals surface area contributed by atoms with Gasteiger partial charge in [-0.05, 0) is 38.0 Å². The second-order valence-electron chi connectivity index (χ2n) is 5.27. The Morgan fingerprint density at radius 3 is 2.82 bits per heavy atom. The summed E-state index contributed by atoms with van der Waals surface area (Å²) in [6.45, 7) is 8.35. The molecule has 0 fully saturated rings. The summed E-state index contributed by atoms with van der Waals surface area (Å²) in [5.41, 5.74) is 2.68. The van der Waals surface area contributed by atoms with Crippen LogP contribution in [0.15, 0.2) is 0 Å². The fourth-order valence-corrected chi connectivity index (χ4v) is 2.48. The number of nitrogens with one attached hydrogen (secondary N) is 1. The molecule has 1 aliphatic carbocycles. The average molecular weight is 236 g/mol. The molecular weight excluding hydrogens is 212 g/mol. The SMILES string of the molecule is CCOCCCc1nc2c([nH]1)CC(C)C(C)C2. The van der Waals surface area contributed by atoms with Gasteiger partial charge in [-0.2, -0.15) is 0 Å². The number of nitrogens with zero attached hydrogens (tertiary/aromatic N) is 1. The first kappa shape index (κ1) is 12.6. The van der Waals surface area contributed by atoms with Gasteiger partial charge in [-0.1, -0.05) is 13.8 Å². The fourth-order valence-electron chi connectivity index (χ4n) is 2.48. The Morgan fingerprint density at radius 1 is 1.29 bits per heavy atom. The second kappa shape index (κ2) is 5.67. The van der Waals surface area contributed by atoms with Crippen molar-refractivity contribution in [3.8, 4) is 0 Å². The van der Waals surface area contributed by atoms with Crippen molar-refractivity contribution in [3.05, 3.63) is 17.2 Å². The predicted molar refractivity (Wildman–Crippen MR) is 69.1 cm³/mol. The average Bonchev–Trinajstić information content (AvgIpc) is 2.67. The van der Waals surface area contributed by atoms with Crippen molar-refractivity contribution in [1.82, 2.24) is 9.97 Å². The highest BCUT2D eigenvalue weighted by atomic mass is 16.5. The van der Waals surface area contributed by atoms with Crippen LogP contribution in [-0.4, -0.2) is 23.2 Å². The van der Waals surface area contributed by atoms with E-state index >= 15 is 0 Å². The van der Waals surface area contributed by atoms with Crippen LogP contribution in [0.1, 0.15) is 44.4 Å². The lowest BCUT2D eigenvalue weighted by atomic mass is 9.82. The Balaban J connectivity index is 1.91. The van der Waals surface area contributed by atoms with Crippen LogP contribution in [0.3, 0.4) is 0 Å². The Labute approximate surface area is 104 Å². The van der Waals surface area contributed by atoms with Crippen LogP contribution >= 0.6 is 0 Å². The first-order valence-corrected chi connectivity index (χ1v) is 6.85. The van der Waals surface area contributed by atoms with Crippen molar-refractivity contribution in [1.29, 1.82) is 0 Å². The van der Waals surface area contributed by atoms with Crippen LogP contribution in [0.4, 0.5) is 0 Å². The lowest BCUT2D eigenvalue weighted by Crippen LogP contribution is -2.20. The van der Waals surface area contributed by atoms with Crippen molar-refractivity contribution in [2.75, 3.05) is 13.2 Å². The zero-order chi connectivity index (χ0) is 12.3. The number of H-pyrrole nitrogens is 1. The Bertz CT molecular complexity index is 332. The molecule has 1 aromatic heterocycles. The quantitative estimate of drug-likeness (QED) is 0.798. The molecule has 96 valence electrons. The third kappa shape index (κ3) is 3.09. The molecule has 0 saturated carbocycles. The molecule has 2 rings (SSSR count). The number of aryl methyl sites for hydroxylation is 1. The highest BCUT2D eigenvalue weighted by Gasteiger charge is 2.24. The molecule has 3 heteroatoms. The van der Waals surface area contributed by atoms with Gasteiger partial charge in [0.2, 0.25) is 0 Å². The van der Waals surface area contributed by atoms with E-state index in [0.29, 0.717) is 0 Å². The number of ether oxygens (including phenoxy) is 1. The maximum absolute atomic E-state index is 5.35. The van der Waals surface area contributed by atoms with Crippen LogP contribution < -0.4 is 0 Å². The molecule has 17 heavy (non-hydrogen) atoms. The molecule has 3 nitrogen and oxygen atoms in total. The molecule has 0 bridgehead atoms. The second-order valence-corrected chi connectivity index (χ2v) is 5.27. The van der Waals surface area contributed by atoms with Gasteiger partial charge in [0.15, 0.2) is 0 Å². The Hall–Kier alpha value is -0.830. The van der Waals surface area contributed by atoms with Gasteiger partial charge in [-0.25, -0.2) is 4.98 Å². The molecule has 0 aliphatic heterocycles. The Kier molecular flexibility index (Phi) is 4.21. The summed E-state index contributed by atoms with van der Waals surface area (Å²) in [5, 5.41) is 0. The van der Waals surface area contributed by atoms with Gasteiger partial charge in [0.25, 0.3) is 0 Å². The third-order valence-corrected chi connectivity index (χ3v) is 3.83. The topological polar surface area (TPSA) is 37.9 Å². The number of hydrogen-bond acceptors (Lipinski definition) is 2. The number of rotatable bonds is 5. The zero-order valence-corrected chi connectivity index (χ0v) is 11.3. The van der Waals surface area contributed by atoms with E-state index in [-0.39, 0.29) is 0 Å². The number of fused-ring (bicyclic) bond motifs is 1. The minimum absolute atomic E-state index is 0.766. The maximum Gasteiger partial charge on any atom is 0.106 e. The summed E-state index contributed by atoms with van der Waals surface area (Å²) >= 11 is 0. The van der Waals surface area contributed by atoms with E-state index in [2.05, 4.69) is 18.8 Å². The largest absolute Gasteiger partial charge is 0.382 e. The molecule has 0 spiro atoms. The minimum Gasteiger partial charge on any atom is -0.382 e. The lowest BCUT2D eigenvalue weighted by molar-refractivity contribution is 0.145. The first-order chi connectivity index (χ1) is 8.20. The van der Waals surface area contributed by atoms with E-state index in [1.165, 1.54) is 11.4 Å². The summed E-state index contributed by atoms with van der Waals surface area (Å²) in [5.74, 6) is 2.69. The van der Waals surface area contributed by atoms with Crippen LogP contribution in [0.25, 0.3) is 0 Å². The van der Waals surface area contributed by atoms with Crippen molar-refractivity contribution in [3.63, 3.8) is 0 Å². The normalized spacial score (nSPS) is 23.7. The number of aromatic amines is 1. The summed E-state index contributed by atoms with van der Waals surface area (Å²) in [7, 11) is 0. The highest BCUT2D eigenvalue weighted by Crippen LogP contribution is 2.28. The Morgan fingerprint density at radius 2 is 2.06 bits per heavy atom. The number of hydrogen-bond donors (Lipinski definition) is 1. The maximum atomic E-state index is 5.35. The van der Waals surface area contributed by atoms with E-state index in [9.17, 15) is 0 Å². The summed E-state index contributed by atoms with van der Waals surface area (Å²) in [4.78, 5) is 8.22. The van der Waals surface area contributed by atoms with Crippen LogP contribution in [0, 0.1) is 11.8 Å². The standard InChI is InChI=1S/C14H24N2O/c1-4-17-7-5-6-14-15-12-8-10(2)11(3)9-13(12)16-14/h10-11H,4-9H2,1-3H3,(H,15,16). The van der Waals surface area contributed by atoms with Crippen LogP contribution in [-0.2, 0) is 24.0 Å². The lowest BCUT2D eigenvalue weighted by Gasteiger charge is -2.24. The number of imidazole rings is 1. The molecule has 0 amide bonds. The van der Waals surface area contributed by atoms with E-state index in [1.807, 2.05) is 6.92 Å². The first-order valence-electron chi connectivity index (χ1n) is 6.85. The summed E-state index contributed by atoms with van der Waals surface area (Å²) in [6, 6.07) is 0. The van der Waals surface area contributed by atoms with Gasteiger partial charge < -0.3 is 9.72 Å². The van der Waals surface area contributed by atoms with Gasteiger partial charge in [-0.3, -0.25) is 0 Å². The minimum atomic E-state index is 0.766. The van der Waals surface area contributed by atoms with E-state index < -0.39 is 0 Å².